The average Bonchev–Trinajstić information content (AvgIpc) is 1.85. The summed E-state index contributed by atoms with van der Waals surface area (Å²) < 4.78 is 5.08. The lowest BCUT2D eigenvalue weighted by Gasteiger charge is -2.41. The lowest BCUT2D eigenvalue weighted by molar-refractivity contribution is -0.139. The van der Waals surface area contributed by atoms with Gasteiger partial charge in [-0.2, -0.15) is 0 Å². The third-order valence-electron chi connectivity index (χ3n) is 2.22. The molecule has 10 heavy (non-hydrogen) atoms. The fourth-order valence-corrected chi connectivity index (χ4v) is 1.55. The smallest absolute Gasteiger partial charge is 0.156 e. The molecule has 0 aromatic rings. The summed E-state index contributed by atoms with van der Waals surface area (Å²) in [4.78, 5) is 10.9. The maximum absolute atomic E-state index is 10.9. The quantitative estimate of drug-likeness (QED) is 0.497. The van der Waals surface area contributed by atoms with Crippen LogP contribution >= 0.6 is 0 Å². The summed E-state index contributed by atoms with van der Waals surface area (Å²) in [5, 5.41) is 0. The van der Waals surface area contributed by atoms with E-state index in [4.69, 9.17) is 4.74 Å². The summed E-state index contributed by atoms with van der Waals surface area (Å²) in [5.74, 6) is 0.259. The van der Waals surface area contributed by atoms with Crippen molar-refractivity contribution in [3.8, 4) is 0 Å². The number of allylic oxidation sites excluding steroid dienone is 2. The third-order valence-corrected chi connectivity index (χ3v) is 2.22. The summed E-state index contributed by atoms with van der Waals surface area (Å²) in [6.45, 7) is 1.56. The van der Waals surface area contributed by atoms with Crippen molar-refractivity contribution in [3.05, 3.63) is 12.2 Å². The molecule has 2 heteroatoms. The maximum Gasteiger partial charge on any atom is 0.156 e. The zero-order valence-electron chi connectivity index (χ0n) is 5.80. The van der Waals surface area contributed by atoms with Gasteiger partial charge in [-0.3, -0.25) is 4.79 Å². The van der Waals surface area contributed by atoms with Gasteiger partial charge in [0.1, 0.15) is 0 Å². The fraction of sp³-hybridized carbons (Fsp3) is 0.625. The van der Waals surface area contributed by atoms with Crippen molar-refractivity contribution >= 4 is 5.78 Å². The molecule has 2 aliphatic rings. The number of hydrogen-bond acceptors (Lipinski definition) is 2. The molecule has 0 amide bonds. The Kier molecular flexibility index (Phi) is 1.17. The van der Waals surface area contributed by atoms with Crippen molar-refractivity contribution in [1.82, 2.24) is 0 Å². The predicted molar refractivity (Wildman–Crippen MR) is 36.6 cm³/mol. The van der Waals surface area contributed by atoms with Crippen molar-refractivity contribution in [2.45, 2.75) is 12.8 Å². The van der Waals surface area contributed by atoms with E-state index in [0.717, 1.165) is 19.6 Å². The van der Waals surface area contributed by atoms with Gasteiger partial charge in [0, 0.05) is 11.8 Å². The second-order valence-corrected chi connectivity index (χ2v) is 3.24. The highest BCUT2D eigenvalue weighted by atomic mass is 16.5. The van der Waals surface area contributed by atoms with Crippen LogP contribution in [0.3, 0.4) is 0 Å². The maximum atomic E-state index is 10.9. The molecule has 54 valence electrons. The Balaban J connectivity index is 2.13. The first-order valence-corrected chi connectivity index (χ1v) is 3.58. The highest BCUT2D eigenvalue weighted by Gasteiger charge is 2.40. The van der Waals surface area contributed by atoms with Crippen LogP contribution in [0, 0.1) is 5.41 Å². The van der Waals surface area contributed by atoms with Crippen LogP contribution in [0.25, 0.3) is 0 Å². The van der Waals surface area contributed by atoms with Gasteiger partial charge >= 0.3 is 0 Å². The van der Waals surface area contributed by atoms with Gasteiger partial charge in [-0.05, 0) is 12.5 Å². The topological polar surface area (TPSA) is 26.3 Å². The van der Waals surface area contributed by atoms with E-state index in [1.54, 1.807) is 6.08 Å². The summed E-state index contributed by atoms with van der Waals surface area (Å²) in [5.41, 5.74) is 0.214. The molecule has 0 saturated carbocycles. The van der Waals surface area contributed by atoms with Gasteiger partial charge < -0.3 is 4.74 Å². The Hall–Kier alpha value is -0.630. The molecule has 1 heterocycles. The van der Waals surface area contributed by atoms with Crippen LogP contribution in [0.2, 0.25) is 0 Å². The molecule has 0 atom stereocenters. The molecule has 0 unspecified atom stereocenters. The second kappa shape index (κ2) is 1.92. The minimum Gasteiger partial charge on any atom is -0.380 e. The van der Waals surface area contributed by atoms with Gasteiger partial charge in [0.15, 0.2) is 5.78 Å². The number of carbonyl (C=O) groups excluding carboxylic acids is 1. The van der Waals surface area contributed by atoms with Crippen LogP contribution < -0.4 is 0 Å². The first-order valence-electron chi connectivity index (χ1n) is 3.58. The second-order valence-electron chi connectivity index (χ2n) is 3.24. The fourth-order valence-electron chi connectivity index (χ4n) is 1.55. The van der Waals surface area contributed by atoms with Crippen molar-refractivity contribution < 1.29 is 9.53 Å². The first-order chi connectivity index (χ1) is 4.81. The van der Waals surface area contributed by atoms with E-state index in [0.29, 0.717) is 6.42 Å². The van der Waals surface area contributed by atoms with Crippen molar-refractivity contribution in [3.63, 3.8) is 0 Å². The normalized spacial score (nSPS) is 28.6. The molecule has 1 aliphatic heterocycles. The third kappa shape index (κ3) is 0.797. The molecule has 2 rings (SSSR count). The number of ether oxygens (including phenoxy) is 1. The molecule has 0 N–H and O–H groups in total. The molecule has 0 bridgehead atoms. The van der Waals surface area contributed by atoms with Gasteiger partial charge in [0.25, 0.3) is 0 Å². The number of carbonyl (C=O) groups is 1. The highest BCUT2D eigenvalue weighted by molar-refractivity contribution is 5.91. The van der Waals surface area contributed by atoms with E-state index < -0.39 is 0 Å². The molecule has 1 saturated heterocycles. The van der Waals surface area contributed by atoms with Gasteiger partial charge in [-0.1, -0.05) is 6.08 Å². The van der Waals surface area contributed by atoms with Crippen LogP contribution in [0.4, 0.5) is 0 Å². The number of hydrogen-bond donors (Lipinski definition) is 0. The summed E-state index contributed by atoms with van der Waals surface area (Å²) >= 11 is 0. The lowest BCUT2D eigenvalue weighted by atomic mass is 9.75. The Morgan fingerprint density at radius 3 is 2.70 bits per heavy atom. The van der Waals surface area contributed by atoms with E-state index >= 15 is 0 Å². The van der Waals surface area contributed by atoms with Crippen LogP contribution in [-0.2, 0) is 9.53 Å². The minimum atomic E-state index is 0.214. The lowest BCUT2D eigenvalue weighted by Crippen LogP contribution is -2.44. The molecule has 1 aliphatic carbocycles. The first kappa shape index (κ1) is 6.10. The minimum absolute atomic E-state index is 0.214. The van der Waals surface area contributed by atoms with Gasteiger partial charge in [-0.25, -0.2) is 0 Å². The SMILES string of the molecule is O=C1C=CCC2(COC2)C1. The standard InChI is InChI=1S/C8H10O2/c9-7-2-1-3-8(4-7)5-10-6-8/h1-2H,3-6H2. The molecule has 2 nitrogen and oxygen atoms in total. The van der Waals surface area contributed by atoms with Crippen LogP contribution in [0.5, 0.6) is 0 Å². The van der Waals surface area contributed by atoms with Crippen molar-refractivity contribution in [1.29, 1.82) is 0 Å². The Morgan fingerprint density at radius 1 is 1.50 bits per heavy atom. The van der Waals surface area contributed by atoms with Gasteiger partial charge in [-0.15, -0.1) is 0 Å². The predicted octanol–water partition coefficient (Wildman–Crippen LogP) is 0.922. The summed E-state index contributed by atoms with van der Waals surface area (Å²) in [6.07, 6.45) is 5.38. The van der Waals surface area contributed by atoms with Crippen LogP contribution in [-0.4, -0.2) is 19.0 Å². The molecule has 0 aromatic heterocycles. The average molecular weight is 138 g/mol. The summed E-state index contributed by atoms with van der Waals surface area (Å²) in [7, 11) is 0. The van der Waals surface area contributed by atoms with Gasteiger partial charge in [0.2, 0.25) is 0 Å². The van der Waals surface area contributed by atoms with E-state index in [1.807, 2.05) is 6.08 Å². The monoisotopic (exact) mass is 138 g/mol. The van der Waals surface area contributed by atoms with Crippen LogP contribution in [0.1, 0.15) is 12.8 Å². The van der Waals surface area contributed by atoms with Crippen molar-refractivity contribution in [2.24, 2.45) is 5.41 Å². The Labute approximate surface area is 59.9 Å². The largest absolute Gasteiger partial charge is 0.380 e. The van der Waals surface area contributed by atoms with Gasteiger partial charge in [0.05, 0.1) is 13.2 Å². The molecule has 1 fully saturated rings. The molecule has 0 radical (unpaired) electrons. The summed E-state index contributed by atoms with van der Waals surface area (Å²) in [6, 6.07) is 0. The molecule has 0 aromatic carbocycles. The molecule has 1 spiro atoms. The van der Waals surface area contributed by atoms with E-state index in [2.05, 4.69) is 0 Å². The van der Waals surface area contributed by atoms with E-state index in [1.165, 1.54) is 0 Å². The zero-order chi connectivity index (χ0) is 7.03. The number of ketones is 1. The zero-order valence-corrected chi connectivity index (χ0v) is 5.80. The van der Waals surface area contributed by atoms with Crippen molar-refractivity contribution in [2.75, 3.05) is 13.2 Å². The Bertz CT molecular complexity index is 189. The van der Waals surface area contributed by atoms with Crippen LogP contribution in [0.15, 0.2) is 12.2 Å². The molecular weight excluding hydrogens is 128 g/mol. The van der Waals surface area contributed by atoms with E-state index in [-0.39, 0.29) is 11.2 Å². The van der Waals surface area contributed by atoms with E-state index in [9.17, 15) is 4.79 Å². The number of rotatable bonds is 0. The highest BCUT2D eigenvalue weighted by Crippen LogP contribution is 2.37. The molecular formula is C8H10O2. The Morgan fingerprint density at radius 2 is 2.30 bits per heavy atom.